The molecule has 3 N–H and O–H groups in total. The van der Waals surface area contributed by atoms with Crippen LogP contribution in [0.5, 0.6) is 5.75 Å². The van der Waals surface area contributed by atoms with Gasteiger partial charge in [0.1, 0.15) is 5.75 Å². The first-order valence-corrected chi connectivity index (χ1v) is 7.41. The summed E-state index contributed by atoms with van der Waals surface area (Å²) in [5.74, 6) is 1.01. The summed E-state index contributed by atoms with van der Waals surface area (Å²) in [5, 5.41) is 3.66. The van der Waals surface area contributed by atoms with E-state index < -0.39 is 0 Å². The van der Waals surface area contributed by atoms with Crippen molar-refractivity contribution < 1.29 is 4.74 Å². The molecule has 0 saturated carbocycles. The van der Waals surface area contributed by atoms with Crippen molar-refractivity contribution >= 4 is 39.2 Å². The van der Waals surface area contributed by atoms with Gasteiger partial charge in [0.15, 0.2) is 5.96 Å². The van der Waals surface area contributed by atoms with Gasteiger partial charge >= 0.3 is 0 Å². The maximum atomic E-state index is 6.14. The normalized spacial score (nSPS) is 11.3. The predicted molar refractivity (Wildman–Crippen MR) is 91.1 cm³/mol. The van der Waals surface area contributed by atoms with Gasteiger partial charge < -0.3 is 15.8 Å². The van der Waals surface area contributed by atoms with Gasteiger partial charge in [-0.2, -0.15) is 0 Å². The summed E-state index contributed by atoms with van der Waals surface area (Å²) in [6.45, 7) is 0.403. The van der Waals surface area contributed by atoms with Crippen LogP contribution >= 0.6 is 27.5 Å². The standard InChI is InChI=1S/C15H15BrClN3O/c1-21-14-5-3-2-4-13(14)20-15(18)19-9-10-6-7-11(16)8-12(10)17/h2-8H,9H2,1H3,(H3,18,19,20). The lowest BCUT2D eigenvalue weighted by atomic mass is 10.2. The first-order valence-electron chi connectivity index (χ1n) is 6.24. The van der Waals surface area contributed by atoms with Crippen LogP contribution in [0.1, 0.15) is 5.56 Å². The third-order valence-electron chi connectivity index (χ3n) is 2.80. The average molecular weight is 369 g/mol. The van der Waals surface area contributed by atoms with Crippen LogP contribution in [0.4, 0.5) is 5.69 Å². The van der Waals surface area contributed by atoms with Gasteiger partial charge in [-0.05, 0) is 29.8 Å². The van der Waals surface area contributed by atoms with Gasteiger partial charge in [0.05, 0.1) is 19.3 Å². The molecular weight excluding hydrogens is 354 g/mol. The fraction of sp³-hybridized carbons (Fsp3) is 0.133. The molecule has 0 fully saturated rings. The Morgan fingerprint density at radius 3 is 2.81 bits per heavy atom. The smallest absolute Gasteiger partial charge is 0.193 e. The largest absolute Gasteiger partial charge is 0.495 e. The number of hydrogen-bond donors (Lipinski definition) is 2. The number of anilines is 1. The highest BCUT2D eigenvalue weighted by molar-refractivity contribution is 9.10. The number of halogens is 2. The van der Waals surface area contributed by atoms with E-state index in [1.807, 2.05) is 42.5 Å². The summed E-state index contributed by atoms with van der Waals surface area (Å²) < 4.78 is 6.17. The lowest BCUT2D eigenvalue weighted by Gasteiger charge is -2.10. The molecule has 21 heavy (non-hydrogen) atoms. The minimum Gasteiger partial charge on any atom is -0.495 e. The Labute approximate surface area is 137 Å². The molecule has 2 aromatic rings. The van der Waals surface area contributed by atoms with E-state index in [1.54, 1.807) is 7.11 Å². The van der Waals surface area contributed by atoms with Gasteiger partial charge in [0, 0.05) is 9.50 Å². The van der Waals surface area contributed by atoms with Gasteiger partial charge in [-0.3, -0.25) is 0 Å². The molecular formula is C15H15BrClN3O. The number of nitrogens with zero attached hydrogens (tertiary/aromatic N) is 1. The van der Waals surface area contributed by atoms with Crippen LogP contribution in [0, 0.1) is 0 Å². The highest BCUT2D eigenvalue weighted by atomic mass is 79.9. The number of para-hydroxylation sites is 2. The molecule has 0 aromatic heterocycles. The first kappa shape index (κ1) is 15.7. The molecule has 2 aromatic carbocycles. The first-order chi connectivity index (χ1) is 10.1. The van der Waals surface area contributed by atoms with E-state index in [-0.39, 0.29) is 0 Å². The van der Waals surface area contributed by atoms with E-state index in [0.29, 0.717) is 23.3 Å². The second kappa shape index (κ2) is 7.33. The molecule has 0 amide bonds. The van der Waals surface area contributed by atoms with E-state index in [1.165, 1.54) is 0 Å². The van der Waals surface area contributed by atoms with E-state index in [9.17, 15) is 0 Å². The Morgan fingerprint density at radius 1 is 1.33 bits per heavy atom. The lowest BCUT2D eigenvalue weighted by Crippen LogP contribution is -2.22. The Morgan fingerprint density at radius 2 is 2.10 bits per heavy atom. The third kappa shape index (κ3) is 4.37. The van der Waals surface area contributed by atoms with E-state index in [2.05, 4.69) is 26.2 Å². The zero-order chi connectivity index (χ0) is 15.2. The second-order valence-electron chi connectivity index (χ2n) is 4.26. The van der Waals surface area contributed by atoms with Crippen LogP contribution in [0.2, 0.25) is 5.02 Å². The summed E-state index contributed by atoms with van der Waals surface area (Å²) in [4.78, 5) is 4.28. The molecule has 110 valence electrons. The molecule has 0 aliphatic carbocycles. The molecule has 0 heterocycles. The second-order valence-corrected chi connectivity index (χ2v) is 5.59. The monoisotopic (exact) mass is 367 g/mol. The van der Waals surface area contributed by atoms with Crippen molar-refractivity contribution in [2.45, 2.75) is 6.54 Å². The summed E-state index contributed by atoms with van der Waals surface area (Å²) in [5.41, 5.74) is 7.56. The van der Waals surface area contributed by atoms with Gasteiger partial charge in [-0.15, -0.1) is 0 Å². The minimum atomic E-state index is 0.304. The summed E-state index contributed by atoms with van der Waals surface area (Å²) >= 11 is 9.51. The van der Waals surface area contributed by atoms with Crippen molar-refractivity contribution in [2.75, 3.05) is 12.4 Å². The maximum Gasteiger partial charge on any atom is 0.193 e. The van der Waals surface area contributed by atoms with Gasteiger partial charge in [-0.25, -0.2) is 4.99 Å². The molecule has 2 rings (SSSR count). The molecule has 0 unspecified atom stereocenters. The highest BCUT2D eigenvalue weighted by Gasteiger charge is 2.03. The van der Waals surface area contributed by atoms with Gasteiger partial charge in [0.25, 0.3) is 0 Å². The SMILES string of the molecule is COc1ccccc1NC(N)=NCc1ccc(Br)cc1Cl. The molecule has 0 aliphatic heterocycles. The molecule has 0 atom stereocenters. The number of nitrogens with two attached hydrogens (primary N) is 1. The van der Waals surface area contributed by atoms with Gasteiger partial charge in [0.2, 0.25) is 0 Å². The molecule has 4 nitrogen and oxygen atoms in total. The molecule has 0 saturated heterocycles. The van der Waals surface area contributed by atoms with Crippen LogP contribution in [0.25, 0.3) is 0 Å². The summed E-state index contributed by atoms with van der Waals surface area (Å²) in [6, 6.07) is 13.2. The fourth-order valence-electron chi connectivity index (χ4n) is 1.75. The number of rotatable bonds is 4. The molecule has 0 spiro atoms. The molecule has 0 radical (unpaired) electrons. The van der Waals surface area contributed by atoms with Crippen LogP contribution in [-0.4, -0.2) is 13.1 Å². The Hall–Kier alpha value is -1.72. The van der Waals surface area contributed by atoms with Crippen molar-refractivity contribution in [3.8, 4) is 5.75 Å². The van der Waals surface area contributed by atoms with E-state index in [0.717, 1.165) is 15.7 Å². The fourth-order valence-corrected chi connectivity index (χ4v) is 2.48. The number of benzene rings is 2. The third-order valence-corrected chi connectivity index (χ3v) is 3.65. The number of guanidine groups is 1. The number of methoxy groups -OCH3 is 1. The van der Waals surface area contributed by atoms with E-state index >= 15 is 0 Å². The Balaban J connectivity index is 2.07. The number of ether oxygens (including phenoxy) is 1. The number of aliphatic imine (C=N–C) groups is 1. The van der Waals surface area contributed by atoms with Crippen molar-refractivity contribution in [1.29, 1.82) is 0 Å². The quantitative estimate of drug-likeness (QED) is 0.632. The number of nitrogens with one attached hydrogen (secondary N) is 1. The van der Waals surface area contributed by atoms with Crippen LogP contribution < -0.4 is 15.8 Å². The van der Waals surface area contributed by atoms with Crippen LogP contribution in [0.3, 0.4) is 0 Å². The lowest BCUT2D eigenvalue weighted by molar-refractivity contribution is 0.417. The van der Waals surface area contributed by atoms with Crippen molar-refractivity contribution in [1.82, 2.24) is 0 Å². The number of hydrogen-bond acceptors (Lipinski definition) is 2. The van der Waals surface area contributed by atoms with Gasteiger partial charge in [-0.1, -0.05) is 45.7 Å². The van der Waals surface area contributed by atoms with E-state index in [4.69, 9.17) is 22.1 Å². The zero-order valence-electron chi connectivity index (χ0n) is 11.4. The van der Waals surface area contributed by atoms with Crippen molar-refractivity contribution in [3.05, 3.63) is 57.5 Å². The maximum absolute atomic E-state index is 6.14. The minimum absolute atomic E-state index is 0.304. The highest BCUT2D eigenvalue weighted by Crippen LogP contribution is 2.23. The average Bonchev–Trinajstić information content (AvgIpc) is 2.47. The Bertz CT molecular complexity index is 661. The van der Waals surface area contributed by atoms with Crippen molar-refractivity contribution in [3.63, 3.8) is 0 Å². The zero-order valence-corrected chi connectivity index (χ0v) is 13.8. The molecule has 6 heteroatoms. The summed E-state index contributed by atoms with van der Waals surface area (Å²) in [6.07, 6.45) is 0. The molecule has 0 bridgehead atoms. The van der Waals surface area contributed by atoms with Crippen molar-refractivity contribution in [2.24, 2.45) is 10.7 Å². The summed E-state index contributed by atoms with van der Waals surface area (Å²) in [7, 11) is 1.61. The van der Waals surface area contributed by atoms with Crippen LogP contribution in [0.15, 0.2) is 51.9 Å². The predicted octanol–water partition coefficient (Wildman–Crippen LogP) is 4.04. The molecule has 0 aliphatic rings. The topological polar surface area (TPSA) is 59.6 Å². The van der Waals surface area contributed by atoms with Crippen LogP contribution in [-0.2, 0) is 6.54 Å². The Kier molecular flexibility index (Phi) is 5.47.